The number of carbonyl (C=O) groups excluding carboxylic acids is 2. The van der Waals surface area contributed by atoms with E-state index in [4.69, 9.17) is 14.2 Å². The Morgan fingerprint density at radius 1 is 0.906 bits per heavy atom. The zero-order valence-electron chi connectivity index (χ0n) is 18.7. The summed E-state index contributed by atoms with van der Waals surface area (Å²) < 4.78 is 17.1. The Bertz CT molecular complexity index is 1040. The Hall–Kier alpha value is -3.45. The van der Waals surface area contributed by atoms with Crippen LogP contribution in [0.15, 0.2) is 54.6 Å². The molecule has 0 fully saturated rings. The Kier molecular flexibility index (Phi) is 8.16. The van der Waals surface area contributed by atoms with Crippen LogP contribution in [0.5, 0.6) is 0 Å². The second kappa shape index (κ2) is 11.2. The minimum absolute atomic E-state index is 0.0175. The van der Waals surface area contributed by atoms with Crippen molar-refractivity contribution in [2.75, 3.05) is 20.8 Å². The van der Waals surface area contributed by atoms with Crippen molar-refractivity contribution in [2.24, 2.45) is 0 Å². The molecule has 0 spiro atoms. The van der Waals surface area contributed by atoms with E-state index < -0.39 is 11.9 Å². The van der Waals surface area contributed by atoms with Gasteiger partial charge in [0.2, 0.25) is 0 Å². The van der Waals surface area contributed by atoms with E-state index in [1.165, 1.54) is 18.9 Å². The van der Waals surface area contributed by atoms with Gasteiger partial charge in [0.15, 0.2) is 5.69 Å². The first kappa shape index (κ1) is 23.2. The van der Waals surface area contributed by atoms with Crippen LogP contribution in [0.25, 0.3) is 16.9 Å². The third kappa shape index (κ3) is 5.23. The maximum atomic E-state index is 12.7. The molecule has 32 heavy (non-hydrogen) atoms. The molecule has 0 unspecified atom stereocenters. The number of aromatic nitrogens is 2. The predicted octanol–water partition coefficient (Wildman–Crippen LogP) is 4.82. The van der Waals surface area contributed by atoms with Gasteiger partial charge < -0.3 is 14.2 Å². The van der Waals surface area contributed by atoms with Crippen LogP contribution in [0.1, 0.15) is 52.6 Å². The summed E-state index contributed by atoms with van der Waals surface area (Å²) >= 11 is 0. The van der Waals surface area contributed by atoms with E-state index in [1.807, 2.05) is 42.5 Å². The van der Waals surface area contributed by atoms with Crippen LogP contribution in [0.3, 0.4) is 0 Å². The summed E-state index contributed by atoms with van der Waals surface area (Å²) in [4.78, 5) is 25.3. The average Bonchev–Trinajstić information content (AvgIpc) is 3.24. The van der Waals surface area contributed by atoms with Crippen molar-refractivity contribution >= 4 is 11.9 Å². The molecule has 0 aliphatic rings. The van der Waals surface area contributed by atoms with Crippen LogP contribution in [0.4, 0.5) is 0 Å². The largest absolute Gasteiger partial charge is 0.465 e. The van der Waals surface area contributed by atoms with E-state index in [0.29, 0.717) is 23.6 Å². The zero-order valence-corrected chi connectivity index (χ0v) is 18.7. The minimum atomic E-state index is -0.676. The van der Waals surface area contributed by atoms with Gasteiger partial charge >= 0.3 is 11.9 Å². The first-order valence-corrected chi connectivity index (χ1v) is 10.6. The van der Waals surface area contributed by atoms with Crippen LogP contribution >= 0.6 is 0 Å². The Morgan fingerprint density at radius 2 is 1.59 bits per heavy atom. The van der Waals surface area contributed by atoms with Gasteiger partial charge in [-0.25, -0.2) is 14.3 Å². The molecule has 3 aromatic rings. The van der Waals surface area contributed by atoms with Crippen molar-refractivity contribution in [3.8, 4) is 16.9 Å². The molecule has 168 valence electrons. The van der Waals surface area contributed by atoms with E-state index >= 15 is 0 Å². The zero-order chi connectivity index (χ0) is 22.9. The molecular formula is C25H28N2O5. The molecule has 0 saturated carbocycles. The van der Waals surface area contributed by atoms with E-state index in [1.54, 1.807) is 12.1 Å². The van der Waals surface area contributed by atoms with Gasteiger partial charge in [-0.1, -0.05) is 62.2 Å². The maximum absolute atomic E-state index is 12.7. The summed E-state index contributed by atoms with van der Waals surface area (Å²) in [6, 6.07) is 16.7. The molecule has 0 radical (unpaired) electrons. The Labute approximate surface area is 187 Å². The minimum Gasteiger partial charge on any atom is -0.465 e. The van der Waals surface area contributed by atoms with Gasteiger partial charge in [-0.05, 0) is 24.1 Å². The molecule has 0 aliphatic heterocycles. The van der Waals surface area contributed by atoms with Gasteiger partial charge in [-0.15, -0.1) is 0 Å². The molecule has 0 amide bonds. The molecule has 1 aromatic heterocycles. The third-order valence-corrected chi connectivity index (χ3v) is 5.04. The normalized spacial score (nSPS) is 10.7. The van der Waals surface area contributed by atoms with Crippen molar-refractivity contribution in [1.29, 1.82) is 0 Å². The van der Waals surface area contributed by atoms with Gasteiger partial charge in [0.1, 0.15) is 11.3 Å². The van der Waals surface area contributed by atoms with Crippen LogP contribution in [0, 0.1) is 0 Å². The van der Waals surface area contributed by atoms with Gasteiger partial charge in [0, 0.05) is 12.2 Å². The summed E-state index contributed by atoms with van der Waals surface area (Å²) in [5.74, 6) is -1.34. The summed E-state index contributed by atoms with van der Waals surface area (Å²) in [5, 5.41) is 4.60. The summed E-state index contributed by atoms with van der Waals surface area (Å²) in [7, 11) is 2.53. The number of ether oxygens (including phenoxy) is 3. The number of hydrogen-bond donors (Lipinski definition) is 0. The molecule has 0 N–H and O–H groups in total. The van der Waals surface area contributed by atoms with E-state index in [2.05, 4.69) is 12.0 Å². The fourth-order valence-electron chi connectivity index (χ4n) is 3.36. The molecule has 0 bridgehead atoms. The van der Waals surface area contributed by atoms with Crippen LogP contribution in [-0.4, -0.2) is 42.5 Å². The first-order valence-electron chi connectivity index (χ1n) is 10.6. The summed E-state index contributed by atoms with van der Waals surface area (Å²) in [6.45, 7) is 3.40. The highest BCUT2D eigenvalue weighted by Gasteiger charge is 2.31. The standard InChI is InChI=1S/C25H28N2O5/c1-4-5-9-16-32-17-18-12-14-19(15-13-18)22-21(24(28)30-2)23(25(29)31-3)27(26-22)20-10-7-6-8-11-20/h6-8,10-15H,4-5,9,16-17H2,1-3H3. The molecule has 0 atom stereocenters. The van der Waals surface area contributed by atoms with Gasteiger partial charge in [0.05, 0.1) is 26.5 Å². The van der Waals surface area contributed by atoms with Crippen LogP contribution in [0.2, 0.25) is 0 Å². The number of nitrogens with zero attached hydrogens (tertiary/aromatic N) is 2. The molecule has 2 aromatic carbocycles. The molecular weight excluding hydrogens is 408 g/mol. The van der Waals surface area contributed by atoms with Crippen molar-refractivity contribution in [1.82, 2.24) is 9.78 Å². The number of para-hydroxylation sites is 1. The smallest absolute Gasteiger partial charge is 0.357 e. The average molecular weight is 437 g/mol. The van der Waals surface area contributed by atoms with Crippen LogP contribution < -0.4 is 0 Å². The van der Waals surface area contributed by atoms with Gasteiger partial charge in [-0.2, -0.15) is 5.10 Å². The number of esters is 2. The molecule has 0 aliphatic carbocycles. The highest BCUT2D eigenvalue weighted by Crippen LogP contribution is 2.29. The molecule has 7 heteroatoms. The third-order valence-electron chi connectivity index (χ3n) is 5.04. The molecule has 0 saturated heterocycles. The highest BCUT2D eigenvalue weighted by molar-refractivity contribution is 6.06. The number of benzene rings is 2. The lowest BCUT2D eigenvalue weighted by molar-refractivity contribution is 0.0549. The quantitative estimate of drug-likeness (QED) is 0.335. The summed E-state index contributed by atoms with van der Waals surface area (Å²) in [5.41, 5.74) is 2.74. The summed E-state index contributed by atoms with van der Waals surface area (Å²) in [6.07, 6.45) is 3.36. The lowest BCUT2D eigenvalue weighted by Gasteiger charge is -2.07. The monoisotopic (exact) mass is 436 g/mol. The molecule has 7 nitrogen and oxygen atoms in total. The van der Waals surface area contributed by atoms with Crippen molar-refractivity contribution in [3.05, 3.63) is 71.4 Å². The number of rotatable bonds is 10. The lowest BCUT2D eigenvalue weighted by Crippen LogP contribution is -2.15. The van der Waals surface area contributed by atoms with Crippen LogP contribution in [-0.2, 0) is 20.8 Å². The number of carbonyl (C=O) groups is 2. The Balaban J connectivity index is 1.99. The van der Waals surface area contributed by atoms with E-state index in [9.17, 15) is 9.59 Å². The fourth-order valence-corrected chi connectivity index (χ4v) is 3.36. The number of hydrogen-bond acceptors (Lipinski definition) is 6. The van der Waals surface area contributed by atoms with Gasteiger partial charge in [0.25, 0.3) is 0 Å². The predicted molar refractivity (Wildman–Crippen MR) is 121 cm³/mol. The number of unbranched alkanes of at least 4 members (excludes halogenated alkanes) is 2. The van der Waals surface area contributed by atoms with Crippen molar-refractivity contribution in [3.63, 3.8) is 0 Å². The van der Waals surface area contributed by atoms with Crippen molar-refractivity contribution < 1.29 is 23.8 Å². The van der Waals surface area contributed by atoms with Gasteiger partial charge in [-0.3, -0.25) is 0 Å². The topological polar surface area (TPSA) is 79.7 Å². The van der Waals surface area contributed by atoms with E-state index in [0.717, 1.165) is 31.4 Å². The Morgan fingerprint density at radius 3 is 2.22 bits per heavy atom. The second-order valence-electron chi connectivity index (χ2n) is 7.26. The lowest BCUT2D eigenvalue weighted by atomic mass is 10.0. The molecule has 1 heterocycles. The van der Waals surface area contributed by atoms with Crippen molar-refractivity contribution in [2.45, 2.75) is 32.8 Å². The number of methoxy groups -OCH3 is 2. The highest BCUT2D eigenvalue weighted by atomic mass is 16.5. The second-order valence-corrected chi connectivity index (χ2v) is 7.26. The SMILES string of the molecule is CCCCCOCc1ccc(-c2nn(-c3ccccc3)c(C(=O)OC)c2C(=O)OC)cc1. The fraction of sp³-hybridized carbons (Fsp3) is 0.320. The maximum Gasteiger partial charge on any atom is 0.357 e. The van der Waals surface area contributed by atoms with E-state index in [-0.39, 0.29) is 11.3 Å². The molecule has 3 rings (SSSR count). The first-order chi connectivity index (χ1) is 15.6.